The average Bonchev–Trinajstić information content (AvgIpc) is 2.16. The van der Waals surface area contributed by atoms with E-state index >= 15 is 0 Å². The molecule has 1 aliphatic heterocycles. The van der Waals surface area contributed by atoms with Crippen LogP contribution in [0.15, 0.2) is 0 Å². The molecule has 1 heterocycles. The van der Waals surface area contributed by atoms with Gasteiger partial charge in [0.1, 0.15) is 0 Å². The Hall–Kier alpha value is -0.650. The maximum Gasteiger partial charge on any atom is 0.218 e. The zero-order chi connectivity index (χ0) is 10.4. The Labute approximate surface area is 84.6 Å². The Kier molecular flexibility index (Phi) is 4.86. The second-order valence-corrected chi connectivity index (χ2v) is 3.57. The summed E-state index contributed by atoms with van der Waals surface area (Å²) in [6.45, 7) is 4.12. The van der Waals surface area contributed by atoms with E-state index in [0.29, 0.717) is 6.42 Å². The molecule has 1 saturated heterocycles. The Morgan fingerprint density at radius 1 is 1.71 bits per heavy atom. The molecule has 5 heteroatoms. The van der Waals surface area contributed by atoms with Crippen LogP contribution in [0, 0.1) is 0 Å². The number of likely N-dealkylation sites (N-methyl/N-ethyl adjacent to an activating group) is 1. The lowest BCUT2D eigenvalue weighted by Gasteiger charge is -2.32. The van der Waals surface area contributed by atoms with Crippen molar-refractivity contribution in [1.82, 2.24) is 10.2 Å². The molecular weight excluding hydrogens is 182 g/mol. The van der Waals surface area contributed by atoms with E-state index in [-0.39, 0.29) is 12.0 Å². The van der Waals surface area contributed by atoms with Crippen molar-refractivity contribution in [3.63, 3.8) is 0 Å². The predicted molar refractivity (Wildman–Crippen MR) is 53.9 cm³/mol. The molecule has 1 atom stereocenters. The standard InChI is InChI=1S/C9H19N3O2/c1-11-6-8-7-12(4-5-14-8)3-2-9(10)13/h8,11H,2-7H2,1H3,(H2,10,13). The van der Waals surface area contributed by atoms with Crippen molar-refractivity contribution >= 4 is 5.91 Å². The molecule has 1 rings (SSSR count). The first-order valence-corrected chi connectivity index (χ1v) is 4.99. The van der Waals surface area contributed by atoms with Gasteiger partial charge in [0.15, 0.2) is 0 Å². The first-order valence-electron chi connectivity index (χ1n) is 4.99. The summed E-state index contributed by atoms with van der Waals surface area (Å²) in [6, 6.07) is 0. The molecule has 0 spiro atoms. The van der Waals surface area contributed by atoms with Crippen molar-refractivity contribution < 1.29 is 9.53 Å². The van der Waals surface area contributed by atoms with E-state index in [9.17, 15) is 4.79 Å². The highest BCUT2D eigenvalue weighted by molar-refractivity contribution is 5.73. The van der Waals surface area contributed by atoms with Gasteiger partial charge in [-0.25, -0.2) is 0 Å². The molecule has 1 unspecified atom stereocenters. The first-order chi connectivity index (χ1) is 6.72. The van der Waals surface area contributed by atoms with Gasteiger partial charge in [-0.3, -0.25) is 9.69 Å². The molecule has 82 valence electrons. The van der Waals surface area contributed by atoms with Crippen molar-refractivity contribution in [3.05, 3.63) is 0 Å². The van der Waals surface area contributed by atoms with Crippen LogP contribution in [0.2, 0.25) is 0 Å². The van der Waals surface area contributed by atoms with E-state index in [0.717, 1.165) is 32.8 Å². The highest BCUT2D eigenvalue weighted by Crippen LogP contribution is 2.04. The number of nitrogens with two attached hydrogens (primary N) is 1. The fourth-order valence-corrected chi connectivity index (χ4v) is 1.60. The van der Waals surface area contributed by atoms with Gasteiger partial charge in [-0.1, -0.05) is 0 Å². The van der Waals surface area contributed by atoms with E-state index in [1.807, 2.05) is 7.05 Å². The molecule has 1 fully saturated rings. The molecule has 0 saturated carbocycles. The van der Waals surface area contributed by atoms with Crippen molar-refractivity contribution in [3.8, 4) is 0 Å². The van der Waals surface area contributed by atoms with E-state index in [1.165, 1.54) is 0 Å². The maximum absolute atomic E-state index is 10.6. The number of amides is 1. The quantitative estimate of drug-likeness (QED) is 0.585. The number of nitrogens with one attached hydrogen (secondary N) is 1. The number of hydrogen-bond acceptors (Lipinski definition) is 4. The highest BCUT2D eigenvalue weighted by atomic mass is 16.5. The summed E-state index contributed by atoms with van der Waals surface area (Å²) >= 11 is 0. The molecular formula is C9H19N3O2. The average molecular weight is 201 g/mol. The molecule has 1 aliphatic rings. The van der Waals surface area contributed by atoms with Crippen LogP contribution in [0.1, 0.15) is 6.42 Å². The summed E-state index contributed by atoms with van der Waals surface area (Å²) in [7, 11) is 1.91. The van der Waals surface area contributed by atoms with Crippen LogP contribution >= 0.6 is 0 Å². The molecule has 0 aromatic rings. The van der Waals surface area contributed by atoms with Gasteiger partial charge >= 0.3 is 0 Å². The predicted octanol–water partition coefficient (Wildman–Crippen LogP) is -1.22. The number of carbonyl (C=O) groups excluding carboxylic acids is 1. The Balaban J connectivity index is 2.21. The zero-order valence-electron chi connectivity index (χ0n) is 8.66. The lowest BCUT2D eigenvalue weighted by Crippen LogP contribution is -2.46. The van der Waals surface area contributed by atoms with Gasteiger partial charge in [-0.15, -0.1) is 0 Å². The second-order valence-electron chi connectivity index (χ2n) is 3.57. The van der Waals surface area contributed by atoms with Crippen molar-refractivity contribution in [2.45, 2.75) is 12.5 Å². The number of morpholine rings is 1. The van der Waals surface area contributed by atoms with Crippen LogP contribution in [0.25, 0.3) is 0 Å². The molecule has 0 bridgehead atoms. The first kappa shape index (κ1) is 11.4. The minimum atomic E-state index is -0.235. The van der Waals surface area contributed by atoms with Gasteiger partial charge < -0.3 is 15.8 Å². The number of carbonyl (C=O) groups is 1. The Morgan fingerprint density at radius 2 is 2.50 bits per heavy atom. The molecule has 0 aliphatic carbocycles. The SMILES string of the molecule is CNCC1CN(CCC(N)=O)CCO1. The van der Waals surface area contributed by atoms with Gasteiger partial charge in [0.05, 0.1) is 12.7 Å². The third kappa shape index (κ3) is 4.04. The van der Waals surface area contributed by atoms with Gasteiger partial charge in [-0.2, -0.15) is 0 Å². The van der Waals surface area contributed by atoms with Crippen molar-refractivity contribution in [2.75, 3.05) is 39.8 Å². The smallest absolute Gasteiger partial charge is 0.218 e. The van der Waals surface area contributed by atoms with Crippen LogP contribution in [0.4, 0.5) is 0 Å². The van der Waals surface area contributed by atoms with Crippen LogP contribution < -0.4 is 11.1 Å². The van der Waals surface area contributed by atoms with Gasteiger partial charge in [0, 0.05) is 32.6 Å². The minimum absolute atomic E-state index is 0.235. The maximum atomic E-state index is 10.6. The highest BCUT2D eigenvalue weighted by Gasteiger charge is 2.19. The molecule has 5 nitrogen and oxygen atoms in total. The summed E-state index contributed by atoms with van der Waals surface area (Å²) < 4.78 is 5.54. The third-order valence-corrected chi connectivity index (χ3v) is 2.33. The van der Waals surface area contributed by atoms with Gasteiger partial charge in [0.2, 0.25) is 5.91 Å². The van der Waals surface area contributed by atoms with Crippen LogP contribution in [0.3, 0.4) is 0 Å². The van der Waals surface area contributed by atoms with E-state index in [1.54, 1.807) is 0 Å². The number of nitrogens with zero attached hydrogens (tertiary/aromatic N) is 1. The molecule has 14 heavy (non-hydrogen) atoms. The topological polar surface area (TPSA) is 67.6 Å². The molecule has 1 amide bonds. The second kappa shape index (κ2) is 5.95. The lowest BCUT2D eigenvalue weighted by molar-refractivity contribution is -0.118. The van der Waals surface area contributed by atoms with Crippen LogP contribution in [0.5, 0.6) is 0 Å². The number of ether oxygens (including phenoxy) is 1. The fourth-order valence-electron chi connectivity index (χ4n) is 1.60. The third-order valence-electron chi connectivity index (χ3n) is 2.33. The van der Waals surface area contributed by atoms with E-state index in [4.69, 9.17) is 10.5 Å². The Morgan fingerprint density at radius 3 is 3.14 bits per heavy atom. The molecule has 0 aromatic heterocycles. The number of rotatable bonds is 5. The van der Waals surface area contributed by atoms with E-state index < -0.39 is 0 Å². The summed E-state index contributed by atoms with van der Waals surface area (Å²) in [5.74, 6) is -0.235. The summed E-state index contributed by atoms with van der Waals surface area (Å²) in [6.07, 6.45) is 0.674. The largest absolute Gasteiger partial charge is 0.374 e. The summed E-state index contributed by atoms with van der Waals surface area (Å²) in [5, 5.41) is 3.08. The fraction of sp³-hybridized carbons (Fsp3) is 0.889. The molecule has 3 N–H and O–H groups in total. The number of primary amides is 1. The molecule has 0 radical (unpaired) electrons. The lowest BCUT2D eigenvalue weighted by atomic mass is 10.2. The van der Waals surface area contributed by atoms with Crippen LogP contribution in [-0.2, 0) is 9.53 Å². The summed E-state index contributed by atoms with van der Waals surface area (Å²) in [4.78, 5) is 12.8. The van der Waals surface area contributed by atoms with Gasteiger partial charge in [0.25, 0.3) is 0 Å². The van der Waals surface area contributed by atoms with Crippen molar-refractivity contribution in [2.24, 2.45) is 5.73 Å². The van der Waals surface area contributed by atoms with Crippen LogP contribution in [-0.4, -0.2) is 56.7 Å². The summed E-state index contributed by atoms with van der Waals surface area (Å²) in [5.41, 5.74) is 5.09. The van der Waals surface area contributed by atoms with Gasteiger partial charge in [-0.05, 0) is 7.05 Å². The van der Waals surface area contributed by atoms with E-state index in [2.05, 4.69) is 10.2 Å². The normalized spacial score (nSPS) is 23.6. The zero-order valence-corrected chi connectivity index (χ0v) is 8.66. The Bertz CT molecular complexity index is 185. The van der Waals surface area contributed by atoms with Crippen molar-refractivity contribution in [1.29, 1.82) is 0 Å². The minimum Gasteiger partial charge on any atom is -0.374 e. The monoisotopic (exact) mass is 201 g/mol. The number of hydrogen-bond donors (Lipinski definition) is 2. The molecule has 0 aromatic carbocycles.